The van der Waals surface area contributed by atoms with E-state index in [1.165, 1.54) is 12.5 Å². The van der Waals surface area contributed by atoms with Gasteiger partial charge in [0.1, 0.15) is 17.3 Å². The minimum atomic E-state index is -1.26. The first-order valence-electron chi connectivity index (χ1n) is 8.64. The van der Waals surface area contributed by atoms with E-state index in [0.717, 1.165) is 23.3 Å². The van der Waals surface area contributed by atoms with E-state index in [2.05, 4.69) is 15.0 Å². The lowest BCUT2D eigenvalue weighted by molar-refractivity contribution is 0.103. The molecule has 0 saturated carbocycles. The number of aromatic amines is 1. The monoisotopic (exact) mass is 429 g/mol. The van der Waals surface area contributed by atoms with Crippen molar-refractivity contribution in [2.45, 2.75) is 5.75 Å². The highest BCUT2D eigenvalue weighted by Crippen LogP contribution is 2.27. The van der Waals surface area contributed by atoms with Crippen LogP contribution >= 0.6 is 0 Å². The van der Waals surface area contributed by atoms with Crippen molar-refractivity contribution in [2.24, 2.45) is 0 Å². The zero-order chi connectivity index (χ0) is 20.5. The van der Waals surface area contributed by atoms with Gasteiger partial charge in [0, 0.05) is 69.7 Å². The molecule has 0 amide bonds. The molecule has 0 bridgehead atoms. The van der Waals surface area contributed by atoms with Gasteiger partial charge in [-0.25, -0.2) is 13.8 Å². The Morgan fingerprint density at radius 3 is 2.50 bits per heavy atom. The molecule has 4 rings (SSSR count). The Kier molecular flexibility index (Phi) is 6.14. The van der Waals surface area contributed by atoms with Gasteiger partial charge in [-0.15, -0.1) is 0 Å². The summed E-state index contributed by atoms with van der Waals surface area (Å²) in [5, 5.41) is 0.453. The summed E-state index contributed by atoms with van der Waals surface area (Å²) in [6, 6.07) is 7.45. The highest BCUT2D eigenvalue weighted by Gasteiger charge is 2.23. The smallest absolute Gasteiger partial charge is 0.201 e. The SMILES string of the molecule is CS(=O)Cc1cc(F)c(C(=O)c2c[nH]c3ncc(-c4cccnc4)cc23)c(F)c1.O. The predicted molar refractivity (Wildman–Crippen MR) is 110 cm³/mol. The molecule has 0 spiro atoms. The number of aromatic nitrogens is 3. The Bertz CT molecular complexity index is 1240. The van der Waals surface area contributed by atoms with Crippen molar-refractivity contribution in [2.75, 3.05) is 6.26 Å². The first-order chi connectivity index (χ1) is 13.9. The molecule has 6 nitrogen and oxygen atoms in total. The molecule has 3 aromatic heterocycles. The van der Waals surface area contributed by atoms with Crippen molar-refractivity contribution in [1.82, 2.24) is 15.0 Å². The van der Waals surface area contributed by atoms with E-state index in [4.69, 9.17) is 0 Å². The van der Waals surface area contributed by atoms with Crippen LogP contribution in [0.5, 0.6) is 0 Å². The number of H-pyrrole nitrogens is 1. The number of carbonyl (C=O) groups is 1. The fourth-order valence-electron chi connectivity index (χ4n) is 3.18. The van der Waals surface area contributed by atoms with Crippen LogP contribution in [0.4, 0.5) is 8.78 Å². The van der Waals surface area contributed by atoms with Crippen molar-refractivity contribution < 1.29 is 23.3 Å². The van der Waals surface area contributed by atoms with Crippen LogP contribution in [0.15, 0.2) is 55.1 Å². The van der Waals surface area contributed by atoms with Crippen molar-refractivity contribution in [1.29, 1.82) is 0 Å². The first kappa shape index (κ1) is 21.4. The highest BCUT2D eigenvalue weighted by atomic mass is 32.2. The zero-order valence-electron chi connectivity index (χ0n) is 15.8. The van der Waals surface area contributed by atoms with E-state index in [1.54, 1.807) is 30.7 Å². The molecule has 0 radical (unpaired) electrons. The molecule has 0 aliphatic rings. The Morgan fingerprint density at radius 2 is 1.87 bits per heavy atom. The Hall–Kier alpha value is -3.30. The van der Waals surface area contributed by atoms with Crippen molar-refractivity contribution in [3.63, 3.8) is 0 Å². The predicted octanol–water partition coefficient (Wildman–Crippen LogP) is 3.19. The van der Waals surface area contributed by atoms with Gasteiger partial charge >= 0.3 is 0 Å². The lowest BCUT2D eigenvalue weighted by Gasteiger charge is -2.07. The summed E-state index contributed by atoms with van der Waals surface area (Å²) in [6.07, 6.45) is 7.76. The molecule has 1 unspecified atom stereocenters. The molecule has 0 fully saturated rings. The van der Waals surface area contributed by atoms with E-state index < -0.39 is 33.8 Å². The van der Waals surface area contributed by atoms with Crippen LogP contribution < -0.4 is 0 Å². The summed E-state index contributed by atoms with van der Waals surface area (Å²) in [7, 11) is -1.26. The maximum Gasteiger partial charge on any atom is 0.201 e. The Morgan fingerprint density at radius 1 is 1.13 bits per heavy atom. The third kappa shape index (κ3) is 4.03. The molecule has 0 aliphatic heterocycles. The van der Waals surface area contributed by atoms with Crippen LogP contribution in [0.1, 0.15) is 21.5 Å². The van der Waals surface area contributed by atoms with E-state index in [9.17, 15) is 17.8 Å². The van der Waals surface area contributed by atoms with Gasteiger partial charge in [0.2, 0.25) is 5.78 Å². The van der Waals surface area contributed by atoms with Crippen LogP contribution in [-0.4, -0.2) is 36.7 Å². The maximum absolute atomic E-state index is 14.6. The first-order valence-corrected chi connectivity index (χ1v) is 10.4. The van der Waals surface area contributed by atoms with Crippen LogP contribution in [-0.2, 0) is 16.6 Å². The van der Waals surface area contributed by atoms with Crippen LogP contribution in [0.3, 0.4) is 0 Å². The van der Waals surface area contributed by atoms with Crippen LogP contribution in [0.25, 0.3) is 22.2 Å². The standard InChI is InChI=1S/C21H15F2N3O2S.H2O/c1-29(28)11-12-5-17(22)19(18(23)6-12)20(27)16-10-26-21-15(16)7-14(9-25-21)13-3-2-4-24-8-13;/h2-10H,11H2,1H3,(H,25,26);1H2. The number of rotatable bonds is 5. The molecule has 30 heavy (non-hydrogen) atoms. The molecule has 1 aromatic carbocycles. The number of nitrogens with one attached hydrogen (secondary N) is 1. The molecule has 9 heteroatoms. The van der Waals surface area contributed by atoms with Crippen molar-refractivity contribution >= 4 is 27.6 Å². The molecule has 1 atom stereocenters. The molecule has 154 valence electrons. The largest absolute Gasteiger partial charge is 0.412 e. The fraction of sp³-hybridized carbons (Fsp3) is 0.0952. The second-order valence-electron chi connectivity index (χ2n) is 6.55. The molecule has 3 heterocycles. The van der Waals surface area contributed by atoms with Gasteiger partial charge in [-0.1, -0.05) is 6.07 Å². The number of hydrogen-bond donors (Lipinski definition) is 1. The van der Waals surface area contributed by atoms with Gasteiger partial charge in [-0.2, -0.15) is 0 Å². The average Bonchev–Trinajstić information content (AvgIpc) is 3.10. The summed E-state index contributed by atoms with van der Waals surface area (Å²) >= 11 is 0. The van der Waals surface area contributed by atoms with Gasteiger partial charge < -0.3 is 10.5 Å². The lowest BCUT2D eigenvalue weighted by Crippen LogP contribution is -2.09. The van der Waals surface area contributed by atoms with Crippen molar-refractivity contribution in [3.05, 3.63) is 83.4 Å². The second-order valence-corrected chi connectivity index (χ2v) is 7.98. The molecular formula is C21H17F2N3O3S. The maximum atomic E-state index is 14.6. The Balaban J connectivity index is 0.00000256. The number of pyridine rings is 2. The summed E-state index contributed by atoms with van der Waals surface area (Å²) in [5.74, 6) is -2.75. The van der Waals surface area contributed by atoms with Gasteiger partial charge in [0.05, 0.1) is 5.56 Å². The summed E-state index contributed by atoms with van der Waals surface area (Å²) in [4.78, 5) is 24.2. The summed E-state index contributed by atoms with van der Waals surface area (Å²) < 4.78 is 40.4. The number of hydrogen-bond acceptors (Lipinski definition) is 4. The third-order valence-electron chi connectivity index (χ3n) is 4.47. The molecule has 3 N–H and O–H groups in total. The zero-order valence-corrected chi connectivity index (χ0v) is 16.6. The number of benzene rings is 1. The topological polar surface area (TPSA) is 107 Å². The number of nitrogens with zero attached hydrogens (tertiary/aromatic N) is 2. The Labute approximate surface area is 172 Å². The number of fused-ring (bicyclic) bond motifs is 1. The number of ketones is 1. The highest BCUT2D eigenvalue weighted by molar-refractivity contribution is 7.83. The van der Waals surface area contributed by atoms with Crippen molar-refractivity contribution in [3.8, 4) is 11.1 Å². The fourth-order valence-corrected chi connectivity index (χ4v) is 3.81. The van der Waals surface area contributed by atoms with E-state index in [1.807, 2.05) is 6.07 Å². The summed E-state index contributed by atoms with van der Waals surface area (Å²) in [6.45, 7) is 0. The second kappa shape index (κ2) is 8.60. The van der Waals surface area contributed by atoms with Gasteiger partial charge in [0.15, 0.2) is 0 Å². The van der Waals surface area contributed by atoms with Gasteiger partial charge in [0.25, 0.3) is 0 Å². The van der Waals surface area contributed by atoms with E-state index >= 15 is 0 Å². The van der Waals surface area contributed by atoms with Gasteiger partial charge in [-0.3, -0.25) is 14.0 Å². The third-order valence-corrected chi connectivity index (χ3v) is 5.21. The number of carbonyl (C=O) groups excluding carboxylic acids is 1. The van der Waals surface area contributed by atoms with Gasteiger partial charge in [-0.05, 0) is 29.8 Å². The summed E-state index contributed by atoms with van der Waals surface area (Å²) in [5.41, 5.74) is 1.65. The molecule has 0 aliphatic carbocycles. The number of halogens is 2. The quantitative estimate of drug-likeness (QED) is 0.492. The normalized spacial score (nSPS) is 11.8. The molecular weight excluding hydrogens is 412 g/mol. The minimum Gasteiger partial charge on any atom is -0.412 e. The minimum absolute atomic E-state index is 0. The van der Waals surface area contributed by atoms with E-state index in [-0.39, 0.29) is 22.4 Å². The molecule has 0 saturated heterocycles. The molecule has 4 aromatic rings. The van der Waals surface area contributed by atoms with E-state index in [0.29, 0.717) is 11.0 Å². The average molecular weight is 429 g/mol. The lowest BCUT2D eigenvalue weighted by atomic mass is 9.99. The van der Waals surface area contributed by atoms with Crippen LogP contribution in [0.2, 0.25) is 0 Å². The van der Waals surface area contributed by atoms with Crippen LogP contribution in [0, 0.1) is 11.6 Å².